The van der Waals surface area contributed by atoms with Crippen LogP contribution in [0.25, 0.3) is 0 Å². The number of benzene rings is 1. The van der Waals surface area contributed by atoms with E-state index < -0.39 is 0 Å². The van der Waals surface area contributed by atoms with Crippen LogP contribution in [0.15, 0.2) is 18.2 Å². The van der Waals surface area contributed by atoms with E-state index in [0.29, 0.717) is 22.8 Å². The number of hydrogen-bond acceptors (Lipinski definition) is 2. The zero-order chi connectivity index (χ0) is 11.3. The fourth-order valence-corrected chi connectivity index (χ4v) is 1.39. The number of unbranched alkanes of at least 4 members (excludes halogenated alkanes) is 1. The summed E-state index contributed by atoms with van der Waals surface area (Å²) in [7, 11) is 0. The quantitative estimate of drug-likeness (QED) is 0.612. The van der Waals surface area contributed by atoms with Crippen molar-refractivity contribution >= 4 is 23.2 Å². The van der Waals surface area contributed by atoms with Gasteiger partial charge in [-0.15, -0.1) is 0 Å². The van der Waals surface area contributed by atoms with E-state index in [2.05, 4.69) is 12.2 Å². The molecule has 0 aliphatic heterocycles. The molecule has 1 aromatic carbocycles. The molecule has 1 rings (SSSR count). The van der Waals surface area contributed by atoms with Crippen molar-refractivity contribution in [2.45, 2.75) is 19.8 Å². The number of hydrogen-bond donors (Lipinski definition) is 2. The molecule has 0 heterocycles. The first-order valence-corrected chi connectivity index (χ1v) is 5.36. The Kier molecular flexibility index (Phi) is 4.43. The molecule has 82 valence electrons. The summed E-state index contributed by atoms with van der Waals surface area (Å²) in [6.07, 6.45) is 2.01. The molecular formula is C11H15ClN2O. The molecule has 0 aliphatic rings. The Hall–Kier alpha value is -1.22. The highest BCUT2D eigenvalue weighted by atomic mass is 35.5. The third-order valence-corrected chi connectivity index (χ3v) is 2.38. The predicted octanol–water partition coefficient (Wildman–Crippen LogP) is 2.45. The lowest BCUT2D eigenvalue weighted by molar-refractivity contribution is 0.0953. The van der Waals surface area contributed by atoms with Crippen LogP contribution in [-0.4, -0.2) is 12.5 Å². The van der Waals surface area contributed by atoms with E-state index in [1.807, 2.05) is 0 Å². The van der Waals surface area contributed by atoms with Crippen molar-refractivity contribution in [2.75, 3.05) is 12.3 Å². The topological polar surface area (TPSA) is 55.1 Å². The van der Waals surface area contributed by atoms with Gasteiger partial charge in [0.1, 0.15) is 0 Å². The van der Waals surface area contributed by atoms with Crippen LogP contribution in [0.5, 0.6) is 0 Å². The van der Waals surface area contributed by atoms with Crippen molar-refractivity contribution in [1.29, 1.82) is 0 Å². The number of carbonyl (C=O) groups is 1. The van der Waals surface area contributed by atoms with Crippen LogP contribution in [0.1, 0.15) is 30.1 Å². The molecule has 0 aromatic heterocycles. The monoisotopic (exact) mass is 226 g/mol. The fourth-order valence-electron chi connectivity index (χ4n) is 1.19. The molecule has 4 heteroatoms. The minimum absolute atomic E-state index is 0.166. The minimum Gasteiger partial charge on any atom is -0.399 e. The second kappa shape index (κ2) is 5.61. The Labute approximate surface area is 94.6 Å². The van der Waals surface area contributed by atoms with Crippen molar-refractivity contribution < 1.29 is 4.79 Å². The number of amides is 1. The molecule has 3 N–H and O–H groups in total. The maximum absolute atomic E-state index is 11.6. The summed E-state index contributed by atoms with van der Waals surface area (Å²) in [5.41, 5.74) is 6.56. The Bertz CT molecular complexity index is 352. The number of carbonyl (C=O) groups excluding carboxylic acids is 1. The van der Waals surface area contributed by atoms with Gasteiger partial charge in [-0.2, -0.15) is 0 Å². The van der Waals surface area contributed by atoms with Gasteiger partial charge >= 0.3 is 0 Å². The van der Waals surface area contributed by atoms with Gasteiger partial charge in [-0.3, -0.25) is 4.79 Å². The first-order chi connectivity index (χ1) is 7.15. The van der Waals surface area contributed by atoms with E-state index >= 15 is 0 Å². The van der Waals surface area contributed by atoms with E-state index in [4.69, 9.17) is 17.3 Å². The van der Waals surface area contributed by atoms with Crippen LogP contribution in [0.3, 0.4) is 0 Å². The Morgan fingerprint density at radius 1 is 1.53 bits per heavy atom. The summed E-state index contributed by atoms with van der Waals surface area (Å²) >= 11 is 5.89. The number of nitrogen functional groups attached to an aromatic ring is 1. The normalized spacial score (nSPS) is 10.0. The first-order valence-electron chi connectivity index (χ1n) is 4.98. The van der Waals surface area contributed by atoms with Crippen LogP contribution in [-0.2, 0) is 0 Å². The lowest BCUT2D eigenvalue weighted by atomic mass is 10.2. The molecule has 15 heavy (non-hydrogen) atoms. The SMILES string of the molecule is CCCCNC(=O)c1cc(N)ccc1Cl. The highest BCUT2D eigenvalue weighted by Gasteiger charge is 2.09. The van der Waals surface area contributed by atoms with Gasteiger partial charge in [0, 0.05) is 12.2 Å². The van der Waals surface area contributed by atoms with Gasteiger partial charge < -0.3 is 11.1 Å². The molecule has 0 fully saturated rings. The molecule has 1 aromatic rings. The summed E-state index contributed by atoms with van der Waals surface area (Å²) in [5, 5.41) is 3.22. The molecule has 0 atom stereocenters. The van der Waals surface area contributed by atoms with E-state index in [0.717, 1.165) is 12.8 Å². The highest BCUT2D eigenvalue weighted by molar-refractivity contribution is 6.34. The first kappa shape index (κ1) is 11.9. The summed E-state index contributed by atoms with van der Waals surface area (Å²) < 4.78 is 0. The fraction of sp³-hybridized carbons (Fsp3) is 0.364. The molecule has 0 aliphatic carbocycles. The van der Waals surface area contributed by atoms with E-state index in [9.17, 15) is 4.79 Å². The van der Waals surface area contributed by atoms with Gasteiger partial charge in [0.15, 0.2) is 0 Å². The molecule has 3 nitrogen and oxygen atoms in total. The number of nitrogens with one attached hydrogen (secondary N) is 1. The zero-order valence-corrected chi connectivity index (χ0v) is 9.47. The Balaban J connectivity index is 2.68. The second-order valence-electron chi connectivity index (χ2n) is 3.35. The van der Waals surface area contributed by atoms with Gasteiger partial charge in [-0.05, 0) is 24.6 Å². The van der Waals surface area contributed by atoms with Gasteiger partial charge in [-0.25, -0.2) is 0 Å². The number of anilines is 1. The third-order valence-electron chi connectivity index (χ3n) is 2.05. The van der Waals surface area contributed by atoms with Crippen LogP contribution >= 0.6 is 11.6 Å². The van der Waals surface area contributed by atoms with Crippen LogP contribution in [0.4, 0.5) is 5.69 Å². The van der Waals surface area contributed by atoms with Gasteiger partial charge in [0.05, 0.1) is 10.6 Å². The largest absolute Gasteiger partial charge is 0.399 e. The van der Waals surface area contributed by atoms with Crippen LogP contribution in [0.2, 0.25) is 5.02 Å². The standard InChI is InChI=1S/C11H15ClN2O/c1-2-3-6-14-11(15)9-7-8(13)4-5-10(9)12/h4-5,7H,2-3,6,13H2,1H3,(H,14,15). The highest BCUT2D eigenvalue weighted by Crippen LogP contribution is 2.18. The molecule has 0 saturated heterocycles. The molecule has 0 saturated carbocycles. The Morgan fingerprint density at radius 3 is 2.93 bits per heavy atom. The lowest BCUT2D eigenvalue weighted by Crippen LogP contribution is -2.24. The zero-order valence-electron chi connectivity index (χ0n) is 8.72. The van der Waals surface area contributed by atoms with E-state index in [-0.39, 0.29) is 5.91 Å². The minimum atomic E-state index is -0.166. The predicted molar refractivity (Wildman–Crippen MR) is 63.1 cm³/mol. The molecular weight excluding hydrogens is 212 g/mol. The second-order valence-corrected chi connectivity index (χ2v) is 3.76. The summed E-state index contributed by atoms with van der Waals surface area (Å²) in [4.78, 5) is 11.6. The van der Waals surface area contributed by atoms with Crippen LogP contribution < -0.4 is 11.1 Å². The average molecular weight is 227 g/mol. The Morgan fingerprint density at radius 2 is 2.27 bits per heavy atom. The smallest absolute Gasteiger partial charge is 0.252 e. The van der Waals surface area contributed by atoms with Gasteiger partial charge in [0.25, 0.3) is 5.91 Å². The van der Waals surface area contributed by atoms with E-state index in [1.54, 1.807) is 18.2 Å². The summed E-state index contributed by atoms with van der Waals surface area (Å²) in [6.45, 7) is 2.74. The van der Waals surface area contributed by atoms with Crippen LogP contribution in [0, 0.1) is 0 Å². The van der Waals surface area contributed by atoms with E-state index in [1.165, 1.54) is 0 Å². The van der Waals surface area contributed by atoms with Crippen molar-refractivity contribution in [3.8, 4) is 0 Å². The molecule has 1 amide bonds. The van der Waals surface area contributed by atoms with Gasteiger partial charge in [0.2, 0.25) is 0 Å². The molecule has 0 unspecified atom stereocenters. The molecule has 0 radical (unpaired) electrons. The van der Waals surface area contributed by atoms with Gasteiger partial charge in [-0.1, -0.05) is 24.9 Å². The van der Waals surface area contributed by atoms with Crippen molar-refractivity contribution in [3.05, 3.63) is 28.8 Å². The third kappa shape index (κ3) is 3.44. The summed E-state index contributed by atoms with van der Waals surface area (Å²) in [5.74, 6) is -0.166. The van der Waals surface area contributed by atoms with Crippen molar-refractivity contribution in [3.63, 3.8) is 0 Å². The number of halogens is 1. The molecule has 0 bridgehead atoms. The molecule has 0 spiro atoms. The maximum atomic E-state index is 11.6. The number of rotatable bonds is 4. The lowest BCUT2D eigenvalue weighted by Gasteiger charge is -2.06. The summed E-state index contributed by atoms with van der Waals surface area (Å²) in [6, 6.07) is 4.89. The van der Waals surface area contributed by atoms with Crippen molar-refractivity contribution in [2.24, 2.45) is 0 Å². The number of nitrogens with two attached hydrogens (primary N) is 1. The average Bonchev–Trinajstić information content (AvgIpc) is 2.22. The van der Waals surface area contributed by atoms with Crippen molar-refractivity contribution in [1.82, 2.24) is 5.32 Å². The maximum Gasteiger partial charge on any atom is 0.252 e.